The average Bonchev–Trinajstić information content (AvgIpc) is 3.16. The van der Waals surface area contributed by atoms with E-state index in [-0.39, 0.29) is 0 Å². The standard InChI is InChI=1S/C23H17N2O3/c26-13-14-6-5-10-17-15-7-1-2-9-18(15)22(25(21(14)17)23(27)28)19-12-24-20-11-4-3-8-16(19)20/h1-12,22,24H,13H2,(H,27,28). The van der Waals surface area contributed by atoms with E-state index in [4.69, 9.17) is 0 Å². The second-order valence-electron chi connectivity index (χ2n) is 6.89. The molecule has 5 heteroatoms. The fraction of sp³-hybridized carbons (Fsp3) is 0.0870. The van der Waals surface area contributed by atoms with Crippen molar-refractivity contribution in [1.82, 2.24) is 4.98 Å². The Balaban J connectivity index is 1.87. The molecule has 28 heavy (non-hydrogen) atoms. The van der Waals surface area contributed by atoms with Gasteiger partial charge in [-0.05, 0) is 17.2 Å². The molecule has 0 bridgehead atoms. The third-order valence-electron chi connectivity index (χ3n) is 5.44. The molecule has 4 aromatic rings. The van der Waals surface area contributed by atoms with Crippen LogP contribution in [0.15, 0.2) is 72.9 Å². The lowest BCUT2D eigenvalue weighted by Crippen LogP contribution is -2.38. The van der Waals surface area contributed by atoms with Crippen LogP contribution in [0.1, 0.15) is 22.7 Å². The summed E-state index contributed by atoms with van der Waals surface area (Å²) in [5.74, 6) is 0. The molecule has 1 aromatic heterocycles. The molecule has 1 radical (unpaired) electrons. The lowest BCUT2D eigenvalue weighted by molar-refractivity contribution is 0.177. The van der Waals surface area contributed by atoms with Crippen molar-refractivity contribution in [3.8, 4) is 11.1 Å². The minimum atomic E-state index is -1.08. The summed E-state index contributed by atoms with van der Waals surface area (Å²) in [6.45, 7) is -0.476. The average molecular weight is 369 g/mol. The molecule has 1 unspecified atom stereocenters. The first-order valence-corrected chi connectivity index (χ1v) is 9.08. The summed E-state index contributed by atoms with van der Waals surface area (Å²) in [4.78, 5) is 17.0. The summed E-state index contributed by atoms with van der Waals surface area (Å²) in [5, 5.41) is 23.0. The number of carbonyl (C=O) groups is 1. The number of aromatic amines is 1. The van der Waals surface area contributed by atoms with Crippen molar-refractivity contribution in [2.24, 2.45) is 0 Å². The van der Waals surface area contributed by atoms with Gasteiger partial charge in [0.1, 0.15) is 6.61 Å². The summed E-state index contributed by atoms with van der Waals surface area (Å²) in [6, 6.07) is 20.5. The van der Waals surface area contributed by atoms with E-state index in [1.807, 2.05) is 66.9 Å². The van der Waals surface area contributed by atoms with Crippen molar-refractivity contribution >= 4 is 22.7 Å². The lowest BCUT2D eigenvalue weighted by Gasteiger charge is -2.38. The van der Waals surface area contributed by atoms with Gasteiger partial charge in [0.15, 0.2) is 0 Å². The molecule has 0 saturated heterocycles. The number of benzene rings is 3. The molecule has 1 aliphatic rings. The summed E-state index contributed by atoms with van der Waals surface area (Å²) < 4.78 is 0. The quantitative estimate of drug-likeness (QED) is 0.499. The Bertz CT molecular complexity index is 1210. The van der Waals surface area contributed by atoms with Gasteiger partial charge in [-0.2, -0.15) is 0 Å². The Hall–Kier alpha value is -3.57. The fourth-order valence-corrected chi connectivity index (χ4v) is 4.29. The van der Waals surface area contributed by atoms with Crippen molar-refractivity contribution in [3.63, 3.8) is 0 Å². The molecule has 5 nitrogen and oxygen atoms in total. The van der Waals surface area contributed by atoms with Gasteiger partial charge in [0, 0.05) is 33.8 Å². The zero-order valence-electron chi connectivity index (χ0n) is 14.9. The normalized spacial score (nSPS) is 15.3. The first-order valence-electron chi connectivity index (χ1n) is 9.08. The second-order valence-corrected chi connectivity index (χ2v) is 6.89. The molecular formula is C23H17N2O3. The summed E-state index contributed by atoms with van der Waals surface area (Å²) in [7, 11) is 0. The summed E-state index contributed by atoms with van der Waals surface area (Å²) in [5.41, 5.74) is 5.44. The van der Waals surface area contributed by atoms with Gasteiger partial charge in [-0.25, -0.2) is 9.90 Å². The van der Waals surface area contributed by atoms with Crippen LogP contribution >= 0.6 is 0 Å². The van der Waals surface area contributed by atoms with Crippen LogP contribution in [0, 0.1) is 0 Å². The number of aromatic nitrogens is 1. The summed E-state index contributed by atoms with van der Waals surface area (Å²) in [6.07, 6.45) is 0.791. The monoisotopic (exact) mass is 369 g/mol. The highest BCUT2D eigenvalue weighted by Gasteiger charge is 2.38. The van der Waals surface area contributed by atoms with Gasteiger partial charge in [0.05, 0.1) is 11.7 Å². The second kappa shape index (κ2) is 6.25. The number of hydrogen-bond acceptors (Lipinski definition) is 1. The summed E-state index contributed by atoms with van der Waals surface area (Å²) >= 11 is 0. The van der Waals surface area contributed by atoms with Gasteiger partial charge >= 0.3 is 6.09 Å². The molecule has 2 N–H and O–H groups in total. The van der Waals surface area contributed by atoms with Crippen molar-refractivity contribution in [3.05, 3.63) is 89.6 Å². The van der Waals surface area contributed by atoms with Crippen LogP contribution in [0.5, 0.6) is 0 Å². The van der Waals surface area contributed by atoms with E-state index < -0.39 is 18.7 Å². The Morgan fingerprint density at radius 3 is 2.50 bits per heavy atom. The van der Waals surface area contributed by atoms with Crippen LogP contribution in [0.4, 0.5) is 10.5 Å². The van der Waals surface area contributed by atoms with Crippen LogP contribution in [-0.2, 0) is 11.7 Å². The molecular weight excluding hydrogens is 352 g/mol. The van der Waals surface area contributed by atoms with Gasteiger partial charge < -0.3 is 10.1 Å². The fourth-order valence-electron chi connectivity index (χ4n) is 4.29. The number of amides is 1. The number of anilines is 1. The molecule has 1 amide bonds. The molecule has 137 valence electrons. The first kappa shape index (κ1) is 16.6. The highest BCUT2D eigenvalue weighted by molar-refractivity contribution is 6.00. The highest BCUT2D eigenvalue weighted by atomic mass is 16.4. The molecule has 0 saturated carbocycles. The number of H-pyrrole nitrogens is 1. The van der Waals surface area contributed by atoms with Crippen LogP contribution in [0.3, 0.4) is 0 Å². The van der Waals surface area contributed by atoms with Gasteiger partial charge in [0.25, 0.3) is 0 Å². The van der Waals surface area contributed by atoms with Crippen LogP contribution in [0.2, 0.25) is 0 Å². The van der Waals surface area contributed by atoms with Crippen LogP contribution in [-0.4, -0.2) is 16.2 Å². The Labute approximate surface area is 161 Å². The zero-order valence-corrected chi connectivity index (χ0v) is 14.9. The number of fused-ring (bicyclic) bond motifs is 4. The molecule has 2 heterocycles. The third-order valence-corrected chi connectivity index (χ3v) is 5.44. The number of carboxylic acid groups (broad SMARTS) is 1. The zero-order chi connectivity index (χ0) is 19.3. The topological polar surface area (TPSA) is 76.2 Å². The van der Waals surface area contributed by atoms with Gasteiger partial charge in [-0.3, -0.25) is 4.90 Å². The van der Waals surface area contributed by atoms with Gasteiger partial charge in [-0.15, -0.1) is 0 Å². The highest BCUT2D eigenvalue weighted by Crippen LogP contribution is 2.49. The number of nitrogens with one attached hydrogen (secondary N) is 1. The Morgan fingerprint density at radius 1 is 0.929 bits per heavy atom. The predicted molar refractivity (Wildman–Crippen MR) is 107 cm³/mol. The van der Waals surface area contributed by atoms with Gasteiger partial charge in [-0.1, -0.05) is 60.7 Å². The Morgan fingerprint density at radius 2 is 1.68 bits per heavy atom. The van der Waals surface area contributed by atoms with E-state index in [0.29, 0.717) is 11.3 Å². The number of para-hydroxylation sites is 2. The molecule has 1 aliphatic heterocycles. The van der Waals surface area contributed by atoms with Crippen molar-refractivity contribution in [2.75, 3.05) is 4.90 Å². The van der Waals surface area contributed by atoms with Crippen molar-refractivity contribution in [1.29, 1.82) is 0 Å². The maximum atomic E-state index is 12.5. The van der Waals surface area contributed by atoms with E-state index in [9.17, 15) is 15.0 Å². The van der Waals surface area contributed by atoms with E-state index in [1.165, 1.54) is 4.90 Å². The number of rotatable bonds is 2. The maximum Gasteiger partial charge on any atom is 0.412 e. The van der Waals surface area contributed by atoms with Crippen LogP contribution in [0.25, 0.3) is 22.0 Å². The van der Waals surface area contributed by atoms with Crippen molar-refractivity contribution < 1.29 is 15.0 Å². The minimum Gasteiger partial charge on any atom is -0.465 e. The molecule has 1 atom stereocenters. The number of hydrogen-bond donors (Lipinski definition) is 2. The molecule has 0 aliphatic carbocycles. The molecule has 5 rings (SSSR count). The SMILES string of the molecule is [O]Cc1cccc2c1N(C(=O)O)C(c1c[nH]c3ccccc13)c1ccccc1-2. The lowest BCUT2D eigenvalue weighted by atomic mass is 9.84. The largest absolute Gasteiger partial charge is 0.465 e. The third kappa shape index (κ3) is 2.27. The van der Waals surface area contributed by atoms with Gasteiger partial charge in [0.2, 0.25) is 0 Å². The van der Waals surface area contributed by atoms with Crippen LogP contribution < -0.4 is 4.90 Å². The molecule has 3 aromatic carbocycles. The smallest absolute Gasteiger partial charge is 0.412 e. The minimum absolute atomic E-state index is 0.476. The number of nitrogens with zero attached hydrogens (tertiary/aromatic N) is 1. The van der Waals surface area contributed by atoms with E-state index in [1.54, 1.807) is 6.07 Å². The van der Waals surface area contributed by atoms with E-state index in [2.05, 4.69) is 4.98 Å². The van der Waals surface area contributed by atoms with Crippen molar-refractivity contribution in [2.45, 2.75) is 12.6 Å². The van der Waals surface area contributed by atoms with E-state index >= 15 is 0 Å². The maximum absolute atomic E-state index is 12.5. The predicted octanol–water partition coefficient (Wildman–Crippen LogP) is 5.35. The molecule has 0 fully saturated rings. The van der Waals surface area contributed by atoms with E-state index in [0.717, 1.165) is 33.2 Å². The molecule has 0 spiro atoms. The Kier molecular flexibility index (Phi) is 3.70. The first-order chi connectivity index (χ1) is 13.7.